The number of likely N-dealkylation sites (N-methyl/N-ethyl adjacent to an activating group) is 1. The fourth-order valence-electron chi connectivity index (χ4n) is 4.33. The van der Waals surface area contributed by atoms with Gasteiger partial charge >= 0.3 is 6.03 Å². The predicted octanol–water partition coefficient (Wildman–Crippen LogP) is 3.83. The molecule has 0 bridgehead atoms. The molecule has 1 aromatic heterocycles. The average molecular weight is 506 g/mol. The van der Waals surface area contributed by atoms with Crippen LogP contribution in [0.1, 0.15) is 36.9 Å². The molecule has 0 atom stereocenters. The zero-order chi connectivity index (χ0) is 23.2. The van der Waals surface area contributed by atoms with Crippen molar-refractivity contribution in [2.45, 2.75) is 38.5 Å². The first-order valence-corrected chi connectivity index (χ1v) is 12.4. The van der Waals surface area contributed by atoms with E-state index in [1.165, 1.54) is 11.3 Å². The third kappa shape index (κ3) is 7.25. The number of nitrogens with one attached hydrogen (secondary N) is 2. The molecular weight excluding hydrogens is 474 g/mol. The number of benzene rings is 1. The third-order valence-electron chi connectivity index (χ3n) is 6.36. The van der Waals surface area contributed by atoms with Crippen molar-refractivity contribution in [2.75, 3.05) is 43.9 Å². The molecule has 2 N–H and O–H groups in total. The largest absolute Gasteiger partial charge is 0.340 e. The van der Waals surface area contributed by atoms with Gasteiger partial charge in [0.1, 0.15) is 5.78 Å². The molecule has 0 unspecified atom stereocenters. The van der Waals surface area contributed by atoms with Crippen LogP contribution in [0.2, 0.25) is 0 Å². The summed E-state index contributed by atoms with van der Waals surface area (Å²) in [5, 5.41) is 7.77. The number of Topliss-reactive ketones (excluding diaryl/α,β-unsaturated/α-hetero) is 1. The number of hydrogen-bond acceptors (Lipinski definition) is 6. The van der Waals surface area contributed by atoms with Crippen molar-refractivity contribution in [1.82, 2.24) is 14.8 Å². The van der Waals surface area contributed by atoms with Crippen LogP contribution in [0.3, 0.4) is 0 Å². The number of carbonyl (C=O) groups is 3. The maximum Gasteiger partial charge on any atom is 0.325 e. The number of hydrogen-bond donors (Lipinski definition) is 2. The molecule has 184 valence electrons. The Balaban J connectivity index is 0.00000324. The summed E-state index contributed by atoms with van der Waals surface area (Å²) in [5.41, 5.74) is 2.27. The molecule has 1 saturated carbocycles. The Morgan fingerprint density at radius 1 is 1.00 bits per heavy atom. The molecule has 1 aliphatic carbocycles. The van der Waals surface area contributed by atoms with Gasteiger partial charge in [-0.2, -0.15) is 0 Å². The minimum atomic E-state index is -0.393. The van der Waals surface area contributed by atoms with Crippen LogP contribution in [0.15, 0.2) is 29.6 Å². The highest BCUT2D eigenvalue weighted by Gasteiger charge is 2.22. The number of thiazole rings is 1. The second-order valence-corrected chi connectivity index (χ2v) is 9.76. The SMILES string of the molecule is CN1CCN(C(=O)Cc2csc(NC(=O)Nc3ccc(CC(=O)C4CCCC4)cc3)n2)CC1.Cl. The minimum Gasteiger partial charge on any atom is -0.340 e. The van der Waals surface area contributed by atoms with Gasteiger partial charge in [0.25, 0.3) is 0 Å². The van der Waals surface area contributed by atoms with Gasteiger partial charge in [-0.1, -0.05) is 25.0 Å². The van der Waals surface area contributed by atoms with Crippen LogP contribution in [-0.2, 0) is 22.4 Å². The summed E-state index contributed by atoms with van der Waals surface area (Å²) < 4.78 is 0. The van der Waals surface area contributed by atoms with E-state index in [9.17, 15) is 14.4 Å². The van der Waals surface area contributed by atoms with Crippen LogP contribution in [0, 0.1) is 5.92 Å². The number of aromatic nitrogens is 1. The summed E-state index contributed by atoms with van der Waals surface area (Å²) in [6.07, 6.45) is 5.03. The summed E-state index contributed by atoms with van der Waals surface area (Å²) in [5.74, 6) is 0.598. The third-order valence-corrected chi connectivity index (χ3v) is 7.17. The highest BCUT2D eigenvalue weighted by Crippen LogP contribution is 2.26. The molecule has 10 heteroatoms. The van der Waals surface area contributed by atoms with Crippen molar-refractivity contribution in [3.63, 3.8) is 0 Å². The van der Waals surface area contributed by atoms with E-state index in [2.05, 4.69) is 27.6 Å². The molecule has 0 spiro atoms. The lowest BCUT2D eigenvalue weighted by atomic mass is 9.96. The Kier molecular flexibility index (Phi) is 9.44. The van der Waals surface area contributed by atoms with Crippen LogP contribution in [0.25, 0.3) is 0 Å². The van der Waals surface area contributed by atoms with Gasteiger partial charge in [0.05, 0.1) is 12.1 Å². The summed E-state index contributed by atoms with van der Waals surface area (Å²) in [6.45, 7) is 3.24. The topological polar surface area (TPSA) is 94.6 Å². The van der Waals surface area contributed by atoms with Crippen molar-refractivity contribution in [3.8, 4) is 0 Å². The van der Waals surface area contributed by atoms with Gasteiger partial charge in [-0.3, -0.25) is 14.9 Å². The first-order chi connectivity index (χ1) is 16.0. The number of halogens is 1. The zero-order valence-corrected chi connectivity index (χ0v) is 21.1. The molecular formula is C24H32ClN5O3S. The number of anilines is 2. The van der Waals surface area contributed by atoms with Gasteiger partial charge < -0.3 is 15.1 Å². The van der Waals surface area contributed by atoms with Gasteiger partial charge in [0, 0.05) is 49.6 Å². The molecule has 2 aromatic rings. The predicted molar refractivity (Wildman–Crippen MR) is 137 cm³/mol. The lowest BCUT2D eigenvalue weighted by Crippen LogP contribution is -2.47. The molecule has 1 aliphatic heterocycles. The maximum absolute atomic E-state index is 12.5. The van der Waals surface area contributed by atoms with Crippen molar-refractivity contribution >= 4 is 52.3 Å². The van der Waals surface area contributed by atoms with Crippen LogP contribution in [0.4, 0.5) is 15.6 Å². The quantitative estimate of drug-likeness (QED) is 0.596. The van der Waals surface area contributed by atoms with E-state index in [1.807, 2.05) is 17.0 Å². The molecule has 0 radical (unpaired) electrons. The molecule has 1 aromatic carbocycles. The van der Waals surface area contributed by atoms with Gasteiger partial charge in [-0.05, 0) is 37.6 Å². The number of urea groups is 1. The Bertz CT molecular complexity index is 983. The van der Waals surface area contributed by atoms with Crippen LogP contribution < -0.4 is 10.6 Å². The molecule has 1 saturated heterocycles. The highest BCUT2D eigenvalue weighted by molar-refractivity contribution is 7.14. The van der Waals surface area contributed by atoms with E-state index in [0.717, 1.165) is 57.4 Å². The van der Waals surface area contributed by atoms with Gasteiger partial charge in [0.2, 0.25) is 5.91 Å². The summed E-state index contributed by atoms with van der Waals surface area (Å²) in [4.78, 5) is 45.6. The minimum absolute atomic E-state index is 0. The van der Waals surface area contributed by atoms with Crippen molar-refractivity contribution in [3.05, 3.63) is 40.9 Å². The number of piperazine rings is 1. The molecule has 2 heterocycles. The first-order valence-electron chi connectivity index (χ1n) is 11.6. The number of amides is 3. The molecule has 3 amide bonds. The van der Waals surface area contributed by atoms with E-state index >= 15 is 0 Å². The number of carbonyl (C=O) groups excluding carboxylic acids is 3. The zero-order valence-electron chi connectivity index (χ0n) is 19.4. The van der Waals surface area contributed by atoms with E-state index in [0.29, 0.717) is 28.7 Å². The second-order valence-electron chi connectivity index (χ2n) is 8.91. The molecule has 8 nitrogen and oxygen atoms in total. The first kappa shape index (κ1) is 26.1. The lowest BCUT2D eigenvalue weighted by molar-refractivity contribution is -0.132. The fourth-order valence-corrected chi connectivity index (χ4v) is 5.03. The number of rotatable bonds is 7. The monoisotopic (exact) mass is 505 g/mol. The second kappa shape index (κ2) is 12.3. The van der Waals surface area contributed by atoms with Crippen LogP contribution in [-0.4, -0.2) is 65.7 Å². The van der Waals surface area contributed by atoms with Crippen molar-refractivity contribution in [2.24, 2.45) is 5.92 Å². The van der Waals surface area contributed by atoms with Crippen molar-refractivity contribution < 1.29 is 14.4 Å². The maximum atomic E-state index is 12.5. The van der Waals surface area contributed by atoms with E-state index < -0.39 is 6.03 Å². The van der Waals surface area contributed by atoms with Crippen molar-refractivity contribution in [1.29, 1.82) is 0 Å². The van der Waals surface area contributed by atoms with Gasteiger partial charge in [-0.25, -0.2) is 9.78 Å². The summed E-state index contributed by atoms with van der Waals surface area (Å²) in [6, 6.07) is 6.98. The normalized spacial score (nSPS) is 16.7. The van der Waals surface area contributed by atoms with Crippen LogP contribution >= 0.6 is 23.7 Å². The number of nitrogens with zero attached hydrogens (tertiary/aromatic N) is 3. The summed E-state index contributed by atoms with van der Waals surface area (Å²) >= 11 is 1.30. The van der Waals surface area contributed by atoms with E-state index in [-0.39, 0.29) is 30.7 Å². The Hall–Kier alpha value is -2.49. The molecule has 2 fully saturated rings. The van der Waals surface area contributed by atoms with Crippen LogP contribution in [0.5, 0.6) is 0 Å². The Labute approximate surface area is 210 Å². The molecule has 34 heavy (non-hydrogen) atoms. The smallest absolute Gasteiger partial charge is 0.325 e. The number of ketones is 1. The summed E-state index contributed by atoms with van der Waals surface area (Å²) in [7, 11) is 2.05. The fraction of sp³-hybridized carbons (Fsp3) is 0.500. The molecule has 4 rings (SSSR count). The van der Waals surface area contributed by atoms with Gasteiger partial charge in [0.15, 0.2) is 5.13 Å². The Morgan fingerprint density at radius 2 is 1.68 bits per heavy atom. The highest BCUT2D eigenvalue weighted by atomic mass is 35.5. The Morgan fingerprint density at radius 3 is 2.35 bits per heavy atom. The molecule has 2 aliphatic rings. The van der Waals surface area contributed by atoms with E-state index in [1.54, 1.807) is 17.5 Å². The lowest BCUT2D eigenvalue weighted by Gasteiger charge is -2.32. The average Bonchev–Trinajstić information content (AvgIpc) is 3.48. The van der Waals surface area contributed by atoms with Gasteiger partial charge in [-0.15, -0.1) is 23.7 Å². The van der Waals surface area contributed by atoms with E-state index in [4.69, 9.17) is 0 Å². The standard InChI is InChI=1S/C24H31N5O3S.ClH/c1-28-10-12-29(13-11-28)22(31)15-20-16-33-24(26-20)27-23(32)25-19-8-6-17(7-9-19)14-21(30)18-4-2-3-5-18;/h6-9,16,18H,2-5,10-15H2,1H3,(H2,25,26,27,32);1H.